The zero-order valence-electron chi connectivity index (χ0n) is 20.9. The Morgan fingerprint density at radius 2 is 1.56 bits per heavy atom. The monoisotopic (exact) mass is 571 g/mol. The van der Waals surface area contributed by atoms with E-state index in [-0.39, 0.29) is 22.9 Å². The minimum Gasteiger partial charge on any atom is -0.338 e. The van der Waals surface area contributed by atoms with Gasteiger partial charge in [-0.2, -0.15) is 26.3 Å². The lowest BCUT2D eigenvalue weighted by Gasteiger charge is -2.32. The molecule has 0 atom stereocenters. The third-order valence-electron chi connectivity index (χ3n) is 6.34. The van der Waals surface area contributed by atoms with Crippen LogP contribution >= 0.6 is 11.6 Å². The van der Waals surface area contributed by atoms with Crippen LogP contribution in [-0.2, 0) is 18.9 Å². The summed E-state index contributed by atoms with van der Waals surface area (Å²) in [6.07, 6.45) is -8.68. The highest BCUT2D eigenvalue weighted by molar-refractivity contribution is 6.33. The number of carbonyl (C=O) groups excluding carboxylic acids is 1. The molecule has 1 aliphatic rings. The molecule has 0 spiro atoms. The molecule has 3 aromatic rings. The van der Waals surface area contributed by atoms with E-state index in [1.54, 1.807) is 24.3 Å². The third kappa shape index (κ3) is 6.62. The van der Waals surface area contributed by atoms with Gasteiger partial charge in [0.15, 0.2) is 0 Å². The average Bonchev–Trinajstić information content (AvgIpc) is 2.87. The maximum absolute atomic E-state index is 13.5. The summed E-state index contributed by atoms with van der Waals surface area (Å²) in [5.41, 5.74) is -2.59. The van der Waals surface area contributed by atoms with Crippen molar-refractivity contribution < 1.29 is 31.1 Å². The number of rotatable bonds is 5. The Morgan fingerprint density at radius 1 is 0.974 bits per heavy atom. The normalized spacial score (nSPS) is 14.9. The van der Waals surface area contributed by atoms with Crippen LogP contribution in [0.5, 0.6) is 0 Å². The Bertz CT molecular complexity index is 1320. The van der Waals surface area contributed by atoms with E-state index in [2.05, 4.69) is 14.9 Å². The van der Waals surface area contributed by atoms with Crippen LogP contribution in [0.3, 0.4) is 0 Å². The SMILES string of the molecule is CN1CCN(c2ncc(C(=O)N(C)Cc3cc(C(F)(F)F)cc(C(F)(F)F)c3)c(-c3ccccc3Cl)n2)CC1. The van der Waals surface area contributed by atoms with Crippen molar-refractivity contribution in [1.82, 2.24) is 19.8 Å². The molecule has 2 aromatic carbocycles. The van der Waals surface area contributed by atoms with Gasteiger partial charge in [0.05, 0.1) is 22.4 Å². The molecular formula is C26H24ClF6N5O. The van der Waals surface area contributed by atoms with Crippen molar-refractivity contribution in [3.63, 3.8) is 0 Å². The van der Waals surface area contributed by atoms with Crippen molar-refractivity contribution in [2.75, 3.05) is 45.2 Å². The molecule has 1 saturated heterocycles. The summed E-state index contributed by atoms with van der Waals surface area (Å²) in [6.45, 7) is 2.36. The summed E-state index contributed by atoms with van der Waals surface area (Å²) < 4.78 is 79.8. The highest BCUT2D eigenvalue weighted by Gasteiger charge is 2.37. The van der Waals surface area contributed by atoms with Crippen molar-refractivity contribution in [2.45, 2.75) is 18.9 Å². The summed E-state index contributed by atoms with van der Waals surface area (Å²) in [6, 6.07) is 7.94. The summed E-state index contributed by atoms with van der Waals surface area (Å²) in [7, 11) is 3.27. The van der Waals surface area contributed by atoms with Gasteiger partial charge in [-0.1, -0.05) is 29.8 Å². The van der Waals surface area contributed by atoms with Gasteiger partial charge in [-0.05, 0) is 36.9 Å². The Balaban J connectivity index is 1.70. The van der Waals surface area contributed by atoms with Gasteiger partial charge in [0.1, 0.15) is 0 Å². The first-order chi connectivity index (χ1) is 18.2. The number of piperazine rings is 1. The number of alkyl halides is 6. The lowest BCUT2D eigenvalue weighted by Crippen LogP contribution is -2.45. The van der Waals surface area contributed by atoms with Gasteiger partial charge >= 0.3 is 12.4 Å². The minimum absolute atomic E-state index is 0.00602. The van der Waals surface area contributed by atoms with Crippen LogP contribution in [0.1, 0.15) is 27.0 Å². The second-order valence-electron chi connectivity index (χ2n) is 9.28. The Labute approximate surface area is 225 Å². The second kappa shape index (κ2) is 11.0. The number of aromatic nitrogens is 2. The van der Waals surface area contributed by atoms with Crippen molar-refractivity contribution in [1.29, 1.82) is 0 Å². The number of likely N-dealkylation sites (N-methyl/N-ethyl adjacent to an activating group) is 1. The number of carbonyl (C=O) groups is 1. The van der Waals surface area contributed by atoms with Gasteiger partial charge in [0.2, 0.25) is 5.95 Å². The topological polar surface area (TPSA) is 52.6 Å². The molecule has 1 aromatic heterocycles. The lowest BCUT2D eigenvalue weighted by molar-refractivity contribution is -0.143. The van der Waals surface area contributed by atoms with E-state index >= 15 is 0 Å². The number of hydrogen-bond donors (Lipinski definition) is 0. The number of halogens is 7. The largest absolute Gasteiger partial charge is 0.416 e. The zero-order chi connectivity index (χ0) is 28.5. The smallest absolute Gasteiger partial charge is 0.338 e. The van der Waals surface area contributed by atoms with Crippen molar-refractivity contribution >= 4 is 23.5 Å². The number of benzene rings is 2. The molecule has 1 fully saturated rings. The van der Waals surface area contributed by atoms with Crippen LogP contribution < -0.4 is 4.90 Å². The maximum Gasteiger partial charge on any atom is 0.416 e. The van der Waals surface area contributed by atoms with Crippen LogP contribution in [0.4, 0.5) is 32.3 Å². The number of amides is 1. The first-order valence-electron chi connectivity index (χ1n) is 11.8. The van der Waals surface area contributed by atoms with Crippen LogP contribution in [0.25, 0.3) is 11.3 Å². The van der Waals surface area contributed by atoms with Gasteiger partial charge < -0.3 is 14.7 Å². The first kappa shape index (κ1) is 28.6. The van der Waals surface area contributed by atoms with E-state index in [4.69, 9.17) is 11.6 Å². The maximum atomic E-state index is 13.5. The van der Waals surface area contributed by atoms with Gasteiger partial charge in [-0.15, -0.1) is 0 Å². The van der Waals surface area contributed by atoms with Gasteiger partial charge in [-0.25, -0.2) is 9.97 Å². The Kier molecular flexibility index (Phi) is 8.08. The van der Waals surface area contributed by atoms with E-state index < -0.39 is 35.9 Å². The molecule has 6 nitrogen and oxygen atoms in total. The van der Waals surface area contributed by atoms with Gasteiger partial charge in [0, 0.05) is 56.6 Å². The number of nitrogens with zero attached hydrogens (tertiary/aromatic N) is 5. The average molecular weight is 572 g/mol. The standard InChI is InChI=1S/C26H24ClF6N5O/c1-36-7-9-38(10-8-36)24-34-14-20(22(35-24)19-5-3-4-6-21(19)27)23(39)37(2)15-16-11-17(25(28,29)30)13-18(12-16)26(31,32)33/h3-6,11-14H,7-10,15H2,1-2H3. The van der Waals surface area contributed by atoms with Crippen LogP contribution in [-0.4, -0.2) is 65.9 Å². The Hall–Kier alpha value is -3.38. The summed E-state index contributed by atoms with van der Waals surface area (Å²) in [5.74, 6) is -0.314. The molecule has 0 bridgehead atoms. The van der Waals surface area contributed by atoms with E-state index in [9.17, 15) is 31.1 Å². The van der Waals surface area contributed by atoms with Crippen molar-refractivity contribution in [2.24, 2.45) is 0 Å². The van der Waals surface area contributed by atoms with E-state index in [0.29, 0.717) is 41.8 Å². The molecule has 39 heavy (non-hydrogen) atoms. The van der Waals surface area contributed by atoms with Gasteiger partial charge in [0.25, 0.3) is 5.91 Å². The lowest BCUT2D eigenvalue weighted by atomic mass is 10.0. The molecule has 1 amide bonds. The number of anilines is 1. The van der Waals surface area contributed by atoms with Crippen molar-refractivity contribution in [3.8, 4) is 11.3 Å². The molecule has 0 N–H and O–H groups in total. The van der Waals surface area contributed by atoms with Crippen LogP contribution in [0, 0.1) is 0 Å². The van der Waals surface area contributed by atoms with E-state index in [1.807, 2.05) is 11.9 Å². The second-order valence-corrected chi connectivity index (χ2v) is 9.68. The van der Waals surface area contributed by atoms with E-state index in [0.717, 1.165) is 18.0 Å². The van der Waals surface area contributed by atoms with Crippen LogP contribution in [0.2, 0.25) is 5.02 Å². The molecule has 0 saturated carbocycles. The molecule has 0 radical (unpaired) electrons. The van der Waals surface area contributed by atoms with Crippen molar-refractivity contribution in [3.05, 3.63) is 75.9 Å². The van der Waals surface area contributed by atoms with E-state index in [1.165, 1.54) is 13.2 Å². The third-order valence-corrected chi connectivity index (χ3v) is 6.67. The highest BCUT2D eigenvalue weighted by atomic mass is 35.5. The fourth-order valence-electron chi connectivity index (χ4n) is 4.21. The zero-order valence-corrected chi connectivity index (χ0v) is 21.7. The van der Waals surface area contributed by atoms with Crippen LogP contribution in [0.15, 0.2) is 48.7 Å². The molecule has 208 valence electrons. The summed E-state index contributed by atoms with van der Waals surface area (Å²) in [4.78, 5) is 27.6. The molecule has 1 aliphatic heterocycles. The van der Waals surface area contributed by atoms with Gasteiger partial charge in [-0.3, -0.25) is 4.79 Å². The number of hydrogen-bond acceptors (Lipinski definition) is 5. The predicted molar refractivity (Wildman–Crippen MR) is 134 cm³/mol. The first-order valence-corrected chi connectivity index (χ1v) is 12.2. The highest BCUT2D eigenvalue weighted by Crippen LogP contribution is 2.37. The molecule has 0 aliphatic carbocycles. The Morgan fingerprint density at radius 3 is 2.13 bits per heavy atom. The summed E-state index contributed by atoms with van der Waals surface area (Å²) >= 11 is 6.40. The minimum atomic E-state index is -5.00. The fraction of sp³-hybridized carbons (Fsp3) is 0.346. The molecule has 2 heterocycles. The molecular weight excluding hydrogens is 548 g/mol. The predicted octanol–water partition coefficient (Wildman–Crippen LogP) is 5.86. The summed E-state index contributed by atoms with van der Waals surface area (Å²) in [5, 5.41) is 0.310. The molecule has 4 rings (SSSR count). The molecule has 0 unspecified atom stereocenters. The quantitative estimate of drug-likeness (QED) is 0.359. The molecule has 13 heteroatoms. The fourth-order valence-corrected chi connectivity index (χ4v) is 4.43.